The summed E-state index contributed by atoms with van der Waals surface area (Å²) in [6, 6.07) is 8.09. The highest BCUT2D eigenvalue weighted by Gasteiger charge is 2.36. The molecule has 3 unspecified atom stereocenters. The average Bonchev–Trinajstić information content (AvgIpc) is 2.80. The number of aliphatic hydroxyl groups is 1. The Bertz CT molecular complexity index is 486. The summed E-state index contributed by atoms with van der Waals surface area (Å²) in [6.07, 6.45) is 3.10. The van der Waals surface area contributed by atoms with Crippen LogP contribution in [0.4, 0.5) is 0 Å². The molecule has 19 heavy (non-hydrogen) atoms. The summed E-state index contributed by atoms with van der Waals surface area (Å²) >= 11 is 0. The van der Waals surface area contributed by atoms with Gasteiger partial charge in [-0.2, -0.15) is 0 Å². The molecule has 0 bridgehead atoms. The van der Waals surface area contributed by atoms with E-state index in [0.29, 0.717) is 6.42 Å². The monoisotopic (exact) mass is 261 g/mol. The Morgan fingerprint density at radius 3 is 3.16 bits per heavy atom. The normalized spacial score (nSPS) is 29.4. The summed E-state index contributed by atoms with van der Waals surface area (Å²) in [4.78, 5) is 4.60. The SMILES string of the molecule is COc1cccc(CC2=NC3CC(O)CCC3O2)c1. The van der Waals surface area contributed by atoms with E-state index < -0.39 is 0 Å². The Morgan fingerprint density at radius 1 is 1.42 bits per heavy atom. The van der Waals surface area contributed by atoms with Crippen molar-refractivity contribution in [3.63, 3.8) is 0 Å². The third kappa shape index (κ3) is 2.73. The van der Waals surface area contributed by atoms with Gasteiger partial charge >= 0.3 is 0 Å². The lowest BCUT2D eigenvalue weighted by molar-refractivity contribution is 0.0616. The summed E-state index contributed by atoms with van der Waals surface area (Å²) in [5.74, 6) is 1.64. The molecule has 1 heterocycles. The molecule has 1 aliphatic heterocycles. The second-order valence-electron chi connectivity index (χ2n) is 5.24. The smallest absolute Gasteiger partial charge is 0.188 e. The molecule has 1 aromatic rings. The second kappa shape index (κ2) is 5.21. The van der Waals surface area contributed by atoms with Gasteiger partial charge in [0, 0.05) is 6.42 Å². The van der Waals surface area contributed by atoms with Crippen molar-refractivity contribution in [3.8, 4) is 5.75 Å². The van der Waals surface area contributed by atoms with Crippen molar-refractivity contribution in [2.24, 2.45) is 4.99 Å². The van der Waals surface area contributed by atoms with Crippen molar-refractivity contribution >= 4 is 5.90 Å². The largest absolute Gasteiger partial charge is 0.497 e. The molecule has 1 N–H and O–H groups in total. The zero-order chi connectivity index (χ0) is 13.2. The minimum atomic E-state index is -0.218. The Morgan fingerprint density at radius 2 is 2.32 bits per heavy atom. The Labute approximate surface area is 113 Å². The van der Waals surface area contributed by atoms with Crippen molar-refractivity contribution < 1.29 is 14.6 Å². The van der Waals surface area contributed by atoms with E-state index in [1.165, 1.54) is 0 Å². The van der Waals surface area contributed by atoms with Crippen LogP contribution in [-0.2, 0) is 11.2 Å². The van der Waals surface area contributed by atoms with Gasteiger partial charge in [-0.15, -0.1) is 0 Å². The fourth-order valence-corrected chi connectivity index (χ4v) is 2.81. The number of methoxy groups -OCH3 is 1. The van der Waals surface area contributed by atoms with E-state index in [-0.39, 0.29) is 18.2 Å². The fraction of sp³-hybridized carbons (Fsp3) is 0.533. The molecule has 4 nitrogen and oxygen atoms in total. The maximum absolute atomic E-state index is 9.66. The standard InChI is InChI=1S/C15H19NO3/c1-18-12-4-2-3-10(7-12)8-15-16-13-9-11(17)5-6-14(13)19-15/h2-4,7,11,13-14,17H,5-6,8-9H2,1H3. The maximum Gasteiger partial charge on any atom is 0.188 e. The van der Waals surface area contributed by atoms with E-state index in [4.69, 9.17) is 9.47 Å². The highest BCUT2D eigenvalue weighted by Crippen LogP contribution is 2.29. The second-order valence-corrected chi connectivity index (χ2v) is 5.24. The van der Waals surface area contributed by atoms with Gasteiger partial charge in [0.2, 0.25) is 0 Å². The van der Waals surface area contributed by atoms with Crippen LogP contribution in [0, 0.1) is 0 Å². The van der Waals surface area contributed by atoms with Crippen molar-refractivity contribution in [3.05, 3.63) is 29.8 Å². The number of hydrogen-bond donors (Lipinski definition) is 1. The molecule has 0 aromatic heterocycles. The first kappa shape index (κ1) is 12.5. The number of rotatable bonds is 3. The molecule has 0 radical (unpaired) electrons. The minimum Gasteiger partial charge on any atom is -0.497 e. The number of benzene rings is 1. The van der Waals surface area contributed by atoms with E-state index in [2.05, 4.69) is 4.99 Å². The Kier molecular flexibility index (Phi) is 3.42. The van der Waals surface area contributed by atoms with Crippen LogP contribution >= 0.6 is 0 Å². The predicted molar refractivity (Wildman–Crippen MR) is 72.7 cm³/mol. The first-order valence-corrected chi connectivity index (χ1v) is 6.79. The lowest BCUT2D eigenvalue weighted by Gasteiger charge is -2.26. The molecular formula is C15H19NO3. The summed E-state index contributed by atoms with van der Waals surface area (Å²) < 4.78 is 11.1. The van der Waals surface area contributed by atoms with Crippen molar-refractivity contribution in [2.75, 3.05) is 7.11 Å². The summed E-state index contributed by atoms with van der Waals surface area (Å²) in [6.45, 7) is 0. The van der Waals surface area contributed by atoms with Gasteiger partial charge in [0.25, 0.3) is 0 Å². The lowest BCUT2D eigenvalue weighted by atomic mass is 9.91. The maximum atomic E-state index is 9.66. The molecule has 0 amide bonds. The number of nitrogens with zero attached hydrogens (tertiary/aromatic N) is 1. The molecule has 102 valence electrons. The lowest BCUT2D eigenvalue weighted by Crippen LogP contribution is -2.33. The van der Waals surface area contributed by atoms with Gasteiger partial charge in [0.15, 0.2) is 5.90 Å². The Hall–Kier alpha value is -1.55. The number of aliphatic hydroxyl groups excluding tert-OH is 1. The number of ether oxygens (including phenoxy) is 2. The van der Waals surface area contributed by atoms with E-state index in [1.807, 2.05) is 24.3 Å². The van der Waals surface area contributed by atoms with Crippen molar-refractivity contribution in [2.45, 2.75) is 43.9 Å². The van der Waals surface area contributed by atoms with Crippen LogP contribution in [0.15, 0.2) is 29.3 Å². The van der Waals surface area contributed by atoms with E-state index in [9.17, 15) is 5.11 Å². The average molecular weight is 261 g/mol. The topological polar surface area (TPSA) is 51.0 Å². The summed E-state index contributed by atoms with van der Waals surface area (Å²) in [7, 11) is 1.67. The molecule has 0 saturated heterocycles. The molecule has 0 spiro atoms. The van der Waals surface area contributed by atoms with Crippen LogP contribution in [0.1, 0.15) is 24.8 Å². The molecule has 1 saturated carbocycles. The number of aliphatic imine (C=N–C) groups is 1. The zero-order valence-corrected chi connectivity index (χ0v) is 11.1. The number of fused-ring (bicyclic) bond motifs is 1. The first-order chi connectivity index (χ1) is 9.24. The molecule has 1 aliphatic carbocycles. The summed E-state index contributed by atoms with van der Waals surface area (Å²) in [5, 5.41) is 9.66. The van der Waals surface area contributed by atoms with Gasteiger partial charge in [-0.1, -0.05) is 12.1 Å². The summed E-state index contributed by atoms with van der Waals surface area (Å²) in [5.41, 5.74) is 1.14. The first-order valence-electron chi connectivity index (χ1n) is 6.79. The molecule has 1 fully saturated rings. The third-order valence-corrected chi connectivity index (χ3v) is 3.81. The highest BCUT2D eigenvalue weighted by molar-refractivity contribution is 5.80. The van der Waals surface area contributed by atoms with Gasteiger partial charge < -0.3 is 14.6 Å². The molecule has 2 aliphatic rings. The van der Waals surface area contributed by atoms with Crippen molar-refractivity contribution in [1.82, 2.24) is 0 Å². The van der Waals surface area contributed by atoms with E-state index in [0.717, 1.165) is 36.5 Å². The molecule has 3 atom stereocenters. The van der Waals surface area contributed by atoms with Crippen LogP contribution in [0.2, 0.25) is 0 Å². The van der Waals surface area contributed by atoms with E-state index >= 15 is 0 Å². The number of hydrogen-bond acceptors (Lipinski definition) is 4. The molecular weight excluding hydrogens is 242 g/mol. The van der Waals surface area contributed by atoms with Gasteiger partial charge in [-0.05, 0) is 37.0 Å². The van der Waals surface area contributed by atoms with Crippen LogP contribution in [0.5, 0.6) is 5.75 Å². The highest BCUT2D eigenvalue weighted by atomic mass is 16.5. The predicted octanol–water partition coefficient (Wildman–Crippen LogP) is 1.95. The van der Waals surface area contributed by atoms with E-state index in [1.54, 1.807) is 7.11 Å². The fourth-order valence-electron chi connectivity index (χ4n) is 2.81. The van der Waals surface area contributed by atoms with Crippen LogP contribution in [-0.4, -0.2) is 36.4 Å². The minimum absolute atomic E-state index is 0.143. The zero-order valence-electron chi connectivity index (χ0n) is 11.1. The van der Waals surface area contributed by atoms with Gasteiger partial charge in [0.05, 0.1) is 19.3 Å². The third-order valence-electron chi connectivity index (χ3n) is 3.81. The quantitative estimate of drug-likeness (QED) is 0.904. The molecule has 4 heteroatoms. The van der Waals surface area contributed by atoms with Gasteiger partial charge in [0.1, 0.15) is 11.9 Å². The van der Waals surface area contributed by atoms with Crippen molar-refractivity contribution in [1.29, 1.82) is 0 Å². The van der Waals surface area contributed by atoms with Crippen LogP contribution in [0.3, 0.4) is 0 Å². The van der Waals surface area contributed by atoms with Gasteiger partial charge in [-0.25, -0.2) is 4.99 Å². The van der Waals surface area contributed by atoms with Crippen LogP contribution in [0.25, 0.3) is 0 Å². The molecule has 3 rings (SSSR count). The Balaban J connectivity index is 1.68. The van der Waals surface area contributed by atoms with Gasteiger partial charge in [-0.3, -0.25) is 0 Å². The van der Waals surface area contributed by atoms with Crippen LogP contribution < -0.4 is 4.74 Å². The molecule has 1 aromatic carbocycles.